The summed E-state index contributed by atoms with van der Waals surface area (Å²) in [6, 6.07) is 13.5. The lowest BCUT2D eigenvalue weighted by Crippen LogP contribution is -2.22. The zero-order chi connectivity index (χ0) is 19.0. The van der Waals surface area contributed by atoms with Gasteiger partial charge in [0.25, 0.3) is 5.91 Å². The summed E-state index contributed by atoms with van der Waals surface area (Å²) in [7, 11) is 0. The van der Waals surface area contributed by atoms with E-state index in [0.717, 1.165) is 39.7 Å². The first-order chi connectivity index (χ1) is 13.0. The second kappa shape index (κ2) is 7.33. The fraction of sp³-hybridized carbons (Fsp3) is 0.238. The van der Waals surface area contributed by atoms with Crippen LogP contribution in [0.4, 0.5) is 5.69 Å². The Kier molecular flexibility index (Phi) is 4.89. The van der Waals surface area contributed by atoms with Gasteiger partial charge >= 0.3 is 0 Å². The smallest absolute Gasteiger partial charge is 0.263 e. The Hall–Kier alpha value is -2.37. The van der Waals surface area contributed by atoms with Gasteiger partial charge in [-0.25, -0.2) is 0 Å². The van der Waals surface area contributed by atoms with Crippen LogP contribution in [0.3, 0.4) is 0 Å². The molecule has 4 rings (SSSR count). The van der Waals surface area contributed by atoms with Crippen molar-refractivity contribution >= 4 is 50.5 Å². The van der Waals surface area contributed by atoms with Crippen molar-refractivity contribution in [1.29, 1.82) is 0 Å². The van der Waals surface area contributed by atoms with Gasteiger partial charge in [0, 0.05) is 28.2 Å². The van der Waals surface area contributed by atoms with Crippen molar-refractivity contribution in [2.24, 2.45) is 5.92 Å². The van der Waals surface area contributed by atoms with E-state index < -0.39 is 0 Å². The summed E-state index contributed by atoms with van der Waals surface area (Å²) in [6.07, 6.45) is 1.94. The predicted molar refractivity (Wildman–Crippen MR) is 111 cm³/mol. The quantitative estimate of drug-likeness (QED) is 0.625. The Balaban J connectivity index is 1.46. The van der Waals surface area contributed by atoms with Gasteiger partial charge in [0.05, 0.1) is 5.02 Å². The number of amides is 2. The van der Waals surface area contributed by atoms with Gasteiger partial charge in [-0.05, 0) is 49.1 Å². The Morgan fingerprint density at radius 2 is 1.96 bits per heavy atom. The Morgan fingerprint density at radius 1 is 1.19 bits per heavy atom. The van der Waals surface area contributed by atoms with Crippen molar-refractivity contribution in [2.75, 3.05) is 5.32 Å². The lowest BCUT2D eigenvalue weighted by atomic mass is 10.1. The van der Waals surface area contributed by atoms with Gasteiger partial charge in [0.15, 0.2) is 0 Å². The van der Waals surface area contributed by atoms with Gasteiger partial charge in [-0.2, -0.15) is 0 Å². The molecule has 1 saturated carbocycles. The highest BCUT2D eigenvalue weighted by Crippen LogP contribution is 2.37. The number of nitrogens with one attached hydrogen (secondary N) is 2. The molecule has 138 valence electrons. The van der Waals surface area contributed by atoms with Crippen molar-refractivity contribution in [3.05, 3.63) is 63.5 Å². The number of rotatable bonds is 5. The van der Waals surface area contributed by atoms with Crippen LogP contribution in [0.25, 0.3) is 10.1 Å². The minimum Gasteiger partial charge on any atom is -0.347 e. The van der Waals surface area contributed by atoms with Crippen LogP contribution in [0.1, 0.15) is 33.6 Å². The first kappa shape index (κ1) is 18.0. The normalized spacial score (nSPS) is 13.6. The SMILES string of the molecule is Cc1cccc2sc(C(=O)NCc3cccc(NC(=O)C4CC4)c3)c(Cl)c12. The molecule has 2 amide bonds. The van der Waals surface area contributed by atoms with Crippen LogP contribution in [0.5, 0.6) is 0 Å². The van der Waals surface area contributed by atoms with Gasteiger partial charge in [0.1, 0.15) is 4.88 Å². The molecule has 2 N–H and O–H groups in total. The molecule has 27 heavy (non-hydrogen) atoms. The Morgan fingerprint density at radius 3 is 2.70 bits per heavy atom. The van der Waals surface area contributed by atoms with Crippen molar-refractivity contribution in [3.8, 4) is 0 Å². The number of aryl methyl sites for hydroxylation is 1. The van der Waals surface area contributed by atoms with E-state index in [0.29, 0.717) is 16.4 Å². The minimum absolute atomic E-state index is 0.0728. The number of carbonyl (C=O) groups excluding carboxylic acids is 2. The van der Waals surface area contributed by atoms with E-state index in [4.69, 9.17) is 11.6 Å². The molecule has 1 fully saturated rings. The van der Waals surface area contributed by atoms with E-state index >= 15 is 0 Å². The molecule has 3 aromatic rings. The topological polar surface area (TPSA) is 58.2 Å². The highest BCUT2D eigenvalue weighted by molar-refractivity contribution is 7.21. The molecular weight excluding hydrogens is 380 g/mol. The van der Waals surface area contributed by atoms with E-state index in [1.54, 1.807) is 0 Å². The molecule has 2 aromatic carbocycles. The number of hydrogen-bond donors (Lipinski definition) is 2. The van der Waals surface area contributed by atoms with Crippen molar-refractivity contribution < 1.29 is 9.59 Å². The fourth-order valence-electron chi connectivity index (χ4n) is 3.03. The van der Waals surface area contributed by atoms with Crippen molar-refractivity contribution in [2.45, 2.75) is 26.3 Å². The lowest BCUT2D eigenvalue weighted by Gasteiger charge is -2.08. The molecule has 1 aliphatic rings. The van der Waals surface area contributed by atoms with Crippen molar-refractivity contribution in [3.63, 3.8) is 0 Å². The third-order valence-corrected chi connectivity index (χ3v) is 6.31. The molecule has 0 atom stereocenters. The van der Waals surface area contributed by atoms with Crippen LogP contribution in [0, 0.1) is 12.8 Å². The van der Waals surface area contributed by atoms with E-state index in [2.05, 4.69) is 10.6 Å². The molecule has 4 nitrogen and oxygen atoms in total. The van der Waals surface area contributed by atoms with Crippen LogP contribution in [-0.4, -0.2) is 11.8 Å². The number of fused-ring (bicyclic) bond motifs is 1. The van der Waals surface area contributed by atoms with Crippen LogP contribution in [0.15, 0.2) is 42.5 Å². The zero-order valence-corrected chi connectivity index (χ0v) is 16.4. The van der Waals surface area contributed by atoms with E-state index in [-0.39, 0.29) is 17.7 Å². The van der Waals surface area contributed by atoms with Gasteiger partial charge in [-0.15, -0.1) is 11.3 Å². The Bertz CT molecular complexity index is 1040. The lowest BCUT2D eigenvalue weighted by molar-refractivity contribution is -0.117. The van der Waals surface area contributed by atoms with Crippen molar-refractivity contribution in [1.82, 2.24) is 5.32 Å². The summed E-state index contributed by atoms with van der Waals surface area (Å²) in [6.45, 7) is 2.36. The zero-order valence-electron chi connectivity index (χ0n) is 14.8. The average Bonchev–Trinajstić information content (AvgIpc) is 3.44. The van der Waals surface area contributed by atoms with E-state index in [9.17, 15) is 9.59 Å². The van der Waals surface area contributed by atoms with E-state index in [1.807, 2.05) is 49.4 Å². The number of halogens is 1. The molecule has 6 heteroatoms. The second-order valence-electron chi connectivity index (χ2n) is 6.84. The third-order valence-electron chi connectivity index (χ3n) is 4.67. The standard InChI is InChI=1S/C21H19ClN2O2S/c1-12-4-2-7-16-17(12)18(22)19(27-16)21(26)23-11-13-5-3-6-15(10-13)24-20(25)14-8-9-14/h2-7,10,14H,8-9,11H2,1H3,(H,23,26)(H,24,25). The van der Waals surface area contributed by atoms with Gasteiger partial charge in [-0.1, -0.05) is 35.9 Å². The molecule has 0 spiro atoms. The second-order valence-corrected chi connectivity index (χ2v) is 8.27. The molecule has 0 saturated heterocycles. The maximum atomic E-state index is 12.6. The first-order valence-corrected chi connectivity index (χ1v) is 10.1. The van der Waals surface area contributed by atoms with Crippen LogP contribution in [0.2, 0.25) is 5.02 Å². The molecular formula is C21H19ClN2O2S. The number of thiophene rings is 1. The number of hydrogen-bond acceptors (Lipinski definition) is 3. The Labute approximate surface area is 166 Å². The first-order valence-electron chi connectivity index (χ1n) is 8.88. The fourth-order valence-corrected chi connectivity index (χ4v) is 4.63. The minimum atomic E-state index is -0.187. The van der Waals surface area contributed by atoms with Gasteiger partial charge in [0.2, 0.25) is 5.91 Å². The molecule has 1 aliphatic carbocycles. The molecule has 0 unspecified atom stereocenters. The van der Waals surface area contributed by atoms with Crippen LogP contribution < -0.4 is 10.6 Å². The van der Waals surface area contributed by atoms with Crippen LogP contribution >= 0.6 is 22.9 Å². The molecule has 0 aliphatic heterocycles. The summed E-state index contributed by atoms with van der Waals surface area (Å²) in [5.74, 6) is 0.0450. The summed E-state index contributed by atoms with van der Waals surface area (Å²) in [5.41, 5.74) is 2.74. The van der Waals surface area contributed by atoms with Gasteiger partial charge < -0.3 is 10.6 Å². The summed E-state index contributed by atoms with van der Waals surface area (Å²) >= 11 is 7.86. The maximum absolute atomic E-state index is 12.6. The molecule has 0 bridgehead atoms. The highest BCUT2D eigenvalue weighted by atomic mass is 35.5. The monoisotopic (exact) mass is 398 g/mol. The van der Waals surface area contributed by atoms with E-state index in [1.165, 1.54) is 11.3 Å². The maximum Gasteiger partial charge on any atom is 0.263 e. The molecule has 0 radical (unpaired) electrons. The number of anilines is 1. The largest absolute Gasteiger partial charge is 0.347 e. The van der Waals surface area contributed by atoms with Gasteiger partial charge in [-0.3, -0.25) is 9.59 Å². The highest BCUT2D eigenvalue weighted by Gasteiger charge is 2.29. The third kappa shape index (κ3) is 3.84. The molecule has 1 aromatic heterocycles. The summed E-state index contributed by atoms with van der Waals surface area (Å²) in [5, 5.41) is 7.31. The predicted octanol–water partition coefficient (Wildman–Crippen LogP) is 5.14. The number of benzene rings is 2. The van der Waals surface area contributed by atoms with Crippen LogP contribution in [-0.2, 0) is 11.3 Å². The summed E-state index contributed by atoms with van der Waals surface area (Å²) < 4.78 is 1.01. The number of carbonyl (C=O) groups is 2. The summed E-state index contributed by atoms with van der Waals surface area (Å²) in [4.78, 5) is 25.0. The average molecular weight is 399 g/mol. The molecule has 1 heterocycles.